The normalized spacial score (nSPS) is 20.5. The number of nitrogens with zero attached hydrogens (tertiary/aromatic N) is 3. The molecule has 1 aliphatic rings. The van der Waals surface area contributed by atoms with Crippen molar-refractivity contribution in [3.05, 3.63) is 18.2 Å². The number of hydrogen-bond donors (Lipinski definition) is 1. The lowest BCUT2D eigenvalue weighted by Gasteiger charge is -2.23. The highest BCUT2D eigenvalue weighted by Crippen LogP contribution is 2.20. The van der Waals surface area contributed by atoms with Crippen LogP contribution in [-0.2, 0) is 21.5 Å². The lowest BCUT2D eigenvalue weighted by molar-refractivity contribution is 0.148. The molecule has 0 aliphatic carbocycles. The van der Waals surface area contributed by atoms with E-state index in [2.05, 4.69) is 9.71 Å². The van der Waals surface area contributed by atoms with Gasteiger partial charge < -0.3 is 9.30 Å². The summed E-state index contributed by atoms with van der Waals surface area (Å²) >= 11 is 0. The molecular formula is C13H24N4O3S. The van der Waals surface area contributed by atoms with Crippen molar-refractivity contribution in [1.29, 1.82) is 0 Å². The van der Waals surface area contributed by atoms with Crippen molar-refractivity contribution in [3.63, 3.8) is 0 Å². The fourth-order valence-electron chi connectivity index (χ4n) is 2.67. The van der Waals surface area contributed by atoms with Gasteiger partial charge in [0.1, 0.15) is 5.82 Å². The highest BCUT2D eigenvalue weighted by atomic mass is 32.2. The van der Waals surface area contributed by atoms with Crippen molar-refractivity contribution in [1.82, 2.24) is 18.6 Å². The van der Waals surface area contributed by atoms with E-state index in [1.54, 1.807) is 13.3 Å². The number of aromatic nitrogens is 2. The van der Waals surface area contributed by atoms with Gasteiger partial charge in [0, 0.05) is 38.1 Å². The first-order valence-corrected chi connectivity index (χ1v) is 8.66. The third-order valence-electron chi connectivity index (χ3n) is 3.71. The van der Waals surface area contributed by atoms with Crippen molar-refractivity contribution in [3.8, 4) is 0 Å². The van der Waals surface area contributed by atoms with E-state index in [9.17, 15) is 8.42 Å². The number of rotatable bonds is 7. The monoisotopic (exact) mass is 316 g/mol. The second-order valence-electron chi connectivity index (χ2n) is 5.53. The van der Waals surface area contributed by atoms with Gasteiger partial charge in [-0.15, -0.1) is 0 Å². The zero-order valence-corrected chi connectivity index (χ0v) is 13.6. The van der Waals surface area contributed by atoms with Crippen molar-refractivity contribution < 1.29 is 13.2 Å². The molecule has 0 aromatic carbocycles. The average Bonchev–Trinajstić information content (AvgIpc) is 3.05. The average molecular weight is 316 g/mol. The Morgan fingerprint density at radius 2 is 2.29 bits per heavy atom. The van der Waals surface area contributed by atoms with Gasteiger partial charge >= 0.3 is 0 Å². The highest BCUT2D eigenvalue weighted by molar-refractivity contribution is 7.87. The van der Waals surface area contributed by atoms with Crippen molar-refractivity contribution >= 4 is 10.2 Å². The van der Waals surface area contributed by atoms with Crippen molar-refractivity contribution in [2.75, 3.05) is 20.3 Å². The molecule has 1 aromatic heterocycles. The van der Waals surface area contributed by atoms with Crippen LogP contribution < -0.4 is 4.72 Å². The summed E-state index contributed by atoms with van der Waals surface area (Å²) in [6, 6.07) is 0.178. The Bertz CT molecular complexity index is 556. The van der Waals surface area contributed by atoms with Crippen LogP contribution in [0.2, 0.25) is 0 Å². The van der Waals surface area contributed by atoms with Crippen LogP contribution in [0.25, 0.3) is 0 Å². The molecule has 1 fully saturated rings. The molecule has 0 spiro atoms. The lowest BCUT2D eigenvalue weighted by Crippen LogP contribution is -2.45. The van der Waals surface area contributed by atoms with E-state index in [1.165, 1.54) is 4.31 Å². The van der Waals surface area contributed by atoms with Gasteiger partial charge in [-0.05, 0) is 26.7 Å². The first-order chi connectivity index (χ1) is 9.95. The SMILES string of the molecule is COC[C@@H]1CCCN1S(=O)(=O)NCc1nccn1C(C)C. The second kappa shape index (κ2) is 6.87. The van der Waals surface area contributed by atoms with Crippen LogP contribution in [-0.4, -0.2) is 48.6 Å². The van der Waals surface area contributed by atoms with E-state index in [1.807, 2.05) is 24.6 Å². The summed E-state index contributed by atoms with van der Waals surface area (Å²) in [7, 11) is -1.91. The van der Waals surface area contributed by atoms with Gasteiger partial charge in [-0.25, -0.2) is 4.98 Å². The quantitative estimate of drug-likeness (QED) is 0.811. The molecule has 7 nitrogen and oxygen atoms in total. The summed E-state index contributed by atoms with van der Waals surface area (Å²) in [5.74, 6) is 0.719. The minimum Gasteiger partial charge on any atom is -0.383 e. The summed E-state index contributed by atoms with van der Waals surface area (Å²) in [6.07, 6.45) is 5.26. The van der Waals surface area contributed by atoms with Crippen molar-refractivity contribution in [2.24, 2.45) is 0 Å². The minimum absolute atomic E-state index is 0.0719. The molecule has 1 atom stereocenters. The molecule has 8 heteroatoms. The summed E-state index contributed by atoms with van der Waals surface area (Å²) in [4.78, 5) is 4.22. The standard InChI is InChI=1S/C13H24N4O3S/c1-11(2)16-8-6-14-13(16)9-15-21(18,19)17-7-4-5-12(17)10-20-3/h6,8,11-12,15H,4-5,7,9-10H2,1-3H3/t12-/m0/s1. The van der Waals surface area contributed by atoms with Crippen LogP contribution in [0.5, 0.6) is 0 Å². The Morgan fingerprint density at radius 3 is 2.95 bits per heavy atom. The molecule has 0 unspecified atom stereocenters. The van der Waals surface area contributed by atoms with Crippen LogP contribution in [0.1, 0.15) is 38.6 Å². The number of nitrogens with one attached hydrogen (secondary N) is 1. The molecule has 0 saturated carbocycles. The minimum atomic E-state index is -3.50. The van der Waals surface area contributed by atoms with E-state index < -0.39 is 10.2 Å². The molecule has 2 rings (SSSR count). The van der Waals surface area contributed by atoms with Gasteiger partial charge in [-0.2, -0.15) is 17.4 Å². The fraction of sp³-hybridized carbons (Fsp3) is 0.769. The van der Waals surface area contributed by atoms with Crippen LogP contribution in [0.3, 0.4) is 0 Å². The van der Waals surface area contributed by atoms with Gasteiger partial charge in [0.2, 0.25) is 0 Å². The molecule has 0 amide bonds. The molecule has 1 saturated heterocycles. The summed E-state index contributed by atoms with van der Waals surface area (Å²) in [5, 5.41) is 0. The Balaban J connectivity index is 2.02. The third kappa shape index (κ3) is 3.82. The fourth-order valence-corrected chi connectivity index (χ4v) is 4.08. The number of ether oxygens (including phenoxy) is 1. The molecule has 2 heterocycles. The highest BCUT2D eigenvalue weighted by Gasteiger charge is 2.34. The maximum atomic E-state index is 12.4. The topological polar surface area (TPSA) is 76.5 Å². The number of imidazole rings is 1. The van der Waals surface area contributed by atoms with Gasteiger partial charge in [-0.3, -0.25) is 0 Å². The van der Waals surface area contributed by atoms with E-state index in [4.69, 9.17) is 4.74 Å². The third-order valence-corrected chi connectivity index (χ3v) is 5.32. The van der Waals surface area contributed by atoms with E-state index in [0.717, 1.165) is 18.7 Å². The predicted octanol–water partition coefficient (Wildman–Crippen LogP) is 0.909. The molecule has 1 aliphatic heterocycles. The van der Waals surface area contributed by atoms with Gasteiger partial charge in [0.15, 0.2) is 0 Å². The zero-order chi connectivity index (χ0) is 15.5. The van der Waals surface area contributed by atoms with E-state index in [-0.39, 0.29) is 18.6 Å². The van der Waals surface area contributed by atoms with Crippen molar-refractivity contribution in [2.45, 2.75) is 45.3 Å². The Morgan fingerprint density at radius 1 is 1.52 bits per heavy atom. The smallest absolute Gasteiger partial charge is 0.280 e. The molecule has 120 valence electrons. The number of methoxy groups -OCH3 is 1. The molecule has 0 bridgehead atoms. The Hall–Kier alpha value is -0.960. The van der Waals surface area contributed by atoms with Crippen LogP contribution in [0, 0.1) is 0 Å². The number of hydrogen-bond acceptors (Lipinski definition) is 4. The maximum absolute atomic E-state index is 12.4. The van der Waals surface area contributed by atoms with Gasteiger partial charge in [0.05, 0.1) is 13.2 Å². The Labute approximate surface area is 126 Å². The first kappa shape index (κ1) is 16.4. The lowest BCUT2D eigenvalue weighted by atomic mass is 10.2. The van der Waals surface area contributed by atoms with Gasteiger partial charge in [0.25, 0.3) is 10.2 Å². The zero-order valence-electron chi connectivity index (χ0n) is 12.8. The van der Waals surface area contributed by atoms with E-state index >= 15 is 0 Å². The summed E-state index contributed by atoms with van der Waals surface area (Å²) in [5.41, 5.74) is 0. The van der Waals surface area contributed by atoms with Crippen LogP contribution in [0.4, 0.5) is 0 Å². The molecule has 1 aromatic rings. The van der Waals surface area contributed by atoms with E-state index in [0.29, 0.717) is 13.2 Å². The second-order valence-corrected chi connectivity index (χ2v) is 7.24. The van der Waals surface area contributed by atoms with Crippen LogP contribution in [0.15, 0.2) is 12.4 Å². The first-order valence-electron chi connectivity index (χ1n) is 7.22. The van der Waals surface area contributed by atoms with Gasteiger partial charge in [-0.1, -0.05) is 0 Å². The molecule has 0 radical (unpaired) electrons. The van der Waals surface area contributed by atoms with Crippen LogP contribution >= 0.6 is 0 Å². The largest absolute Gasteiger partial charge is 0.383 e. The summed E-state index contributed by atoms with van der Waals surface area (Å²) < 4.78 is 36.0. The summed E-state index contributed by atoms with van der Waals surface area (Å²) in [6.45, 7) is 5.25. The molecule has 21 heavy (non-hydrogen) atoms. The Kier molecular flexibility index (Phi) is 5.37. The predicted molar refractivity (Wildman–Crippen MR) is 80.0 cm³/mol. The maximum Gasteiger partial charge on any atom is 0.280 e. The molecular weight excluding hydrogens is 292 g/mol. The molecule has 1 N–H and O–H groups in total.